The van der Waals surface area contributed by atoms with Crippen LogP contribution < -0.4 is 10.6 Å². The molecule has 0 saturated heterocycles. The molecule has 0 aliphatic rings. The molecule has 0 aliphatic heterocycles. The topological polar surface area (TPSA) is 61.4 Å². The number of benzene rings is 1. The summed E-state index contributed by atoms with van der Waals surface area (Å²) in [6.45, 7) is 0.0349. The van der Waals surface area contributed by atoms with Crippen LogP contribution >= 0.6 is 35.0 Å². The quantitative estimate of drug-likeness (QED) is 0.753. The number of thioether (sulfide) groups is 1. The van der Waals surface area contributed by atoms with E-state index >= 15 is 0 Å². The van der Waals surface area contributed by atoms with Crippen LogP contribution in [0.25, 0.3) is 0 Å². The Kier molecular flexibility index (Phi) is 7.38. The van der Waals surface area contributed by atoms with Crippen LogP contribution in [0.1, 0.15) is 6.42 Å². The van der Waals surface area contributed by atoms with E-state index in [1.54, 1.807) is 30.0 Å². The van der Waals surface area contributed by atoms with Gasteiger partial charge in [-0.2, -0.15) is 11.8 Å². The van der Waals surface area contributed by atoms with Gasteiger partial charge in [0.05, 0.1) is 10.7 Å². The Labute approximate surface area is 126 Å². The van der Waals surface area contributed by atoms with Crippen LogP contribution in [0.15, 0.2) is 18.2 Å². The van der Waals surface area contributed by atoms with E-state index in [0.717, 1.165) is 5.75 Å². The molecule has 3 N–H and O–H groups in total. The van der Waals surface area contributed by atoms with E-state index in [2.05, 4.69) is 10.6 Å². The monoisotopic (exact) mass is 322 g/mol. The van der Waals surface area contributed by atoms with Crippen LogP contribution in [-0.4, -0.2) is 35.8 Å². The number of anilines is 1. The fourth-order valence-corrected chi connectivity index (χ4v) is 2.60. The zero-order chi connectivity index (χ0) is 14.3. The Hall–Kier alpha value is -0.620. The van der Waals surface area contributed by atoms with Gasteiger partial charge in [0, 0.05) is 23.4 Å². The van der Waals surface area contributed by atoms with Crippen molar-refractivity contribution in [3.63, 3.8) is 0 Å². The summed E-state index contributed by atoms with van der Waals surface area (Å²) in [5.41, 5.74) is 0.496. The molecule has 1 aromatic rings. The second-order valence-electron chi connectivity index (χ2n) is 3.89. The highest BCUT2D eigenvalue weighted by Crippen LogP contribution is 2.25. The van der Waals surface area contributed by atoms with Gasteiger partial charge in [-0.05, 0) is 30.9 Å². The van der Waals surface area contributed by atoms with E-state index in [9.17, 15) is 4.79 Å². The van der Waals surface area contributed by atoms with Gasteiger partial charge >= 0.3 is 6.03 Å². The third kappa shape index (κ3) is 5.91. The molecule has 0 saturated carbocycles. The average Bonchev–Trinajstić information content (AvgIpc) is 2.33. The van der Waals surface area contributed by atoms with E-state index in [0.29, 0.717) is 22.2 Å². The zero-order valence-corrected chi connectivity index (χ0v) is 12.8. The van der Waals surface area contributed by atoms with Gasteiger partial charge in [0.1, 0.15) is 0 Å². The first-order valence-electron chi connectivity index (χ1n) is 5.69. The summed E-state index contributed by atoms with van der Waals surface area (Å²) in [6.07, 6.45) is 2.46. The van der Waals surface area contributed by atoms with Crippen LogP contribution in [0.5, 0.6) is 0 Å². The fraction of sp³-hybridized carbons (Fsp3) is 0.417. The van der Waals surface area contributed by atoms with Gasteiger partial charge in [0.15, 0.2) is 0 Å². The average molecular weight is 323 g/mol. The number of carbonyl (C=O) groups excluding carboxylic acids is 1. The summed E-state index contributed by atoms with van der Waals surface area (Å²) >= 11 is 13.3. The minimum atomic E-state index is -0.350. The number of rotatable bonds is 6. The van der Waals surface area contributed by atoms with E-state index in [1.165, 1.54) is 0 Å². The molecule has 0 heterocycles. The van der Waals surface area contributed by atoms with Crippen LogP contribution in [0.3, 0.4) is 0 Å². The first kappa shape index (κ1) is 16.4. The Morgan fingerprint density at radius 2 is 2.21 bits per heavy atom. The van der Waals surface area contributed by atoms with Crippen molar-refractivity contribution < 1.29 is 9.90 Å². The van der Waals surface area contributed by atoms with Gasteiger partial charge in [-0.1, -0.05) is 23.2 Å². The van der Waals surface area contributed by atoms with Gasteiger partial charge in [-0.15, -0.1) is 0 Å². The largest absolute Gasteiger partial charge is 0.396 e. The molecule has 0 bridgehead atoms. The van der Waals surface area contributed by atoms with Crippen molar-refractivity contribution in [2.24, 2.45) is 0 Å². The Balaban J connectivity index is 2.58. The number of carbonyl (C=O) groups is 1. The summed E-state index contributed by atoms with van der Waals surface area (Å²) in [7, 11) is 0. The van der Waals surface area contributed by atoms with Crippen molar-refractivity contribution in [2.75, 3.05) is 23.9 Å². The SMILES string of the molecule is CSC[C@H](CCO)NC(=O)Nc1ccc(Cl)cc1Cl. The van der Waals surface area contributed by atoms with Crippen molar-refractivity contribution in [2.45, 2.75) is 12.5 Å². The van der Waals surface area contributed by atoms with E-state index in [-0.39, 0.29) is 18.7 Å². The summed E-state index contributed by atoms with van der Waals surface area (Å²) in [5, 5.41) is 15.3. The molecule has 0 aromatic heterocycles. The van der Waals surface area contributed by atoms with Crippen LogP contribution in [0, 0.1) is 0 Å². The number of hydrogen-bond acceptors (Lipinski definition) is 3. The van der Waals surface area contributed by atoms with E-state index in [1.807, 2.05) is 6.26 Å². The van der Waals surface area contributed by atoms with Crippen LogP contribution in [0.4, 0.5) is 10.5 Å². The predicted octanol–water partition coefficient (Wildman–Crippen LogP) is 3.23. The Bertz CT molecular complexity index is 426. The molecular weight excluding hydrogens is 307 g/mol. The maximum absolute atomic E-state index is 11.8. The lowest BCUT2D eigenvalue weighted by Crippen LogP contribution is -2.40. The first-order valence-corrected chi connectivity index (χ1v) is 7.84. The molecule has 7 heteroatoms. The lowest BCUT2D eigenvalue weighted by molar-refractivity contribution is 0.241. The van der Waals surface area contributed by atoms with Crippen LogP contribution in [0.2, 0.25) is 10.0 Å². The molecule has 0 radical (unpaired) electrons. The summed E-state index contributed by atoms with van der Waals surface area (Å²) in [4.78, 5) is 11.8. The highest BCUT2D eigenvalue weighted by Gasteiger charge is 2.12. The summed E-state index contributed by atoms with van der Waals surface area (Å²) in [6, 6.07) is 4.42. The standard InChI is InChI=1S/C12H16Cl2N2O2S/c1-19-7-9(4-5-17)15-12(18)16-11-3-2-8(13)6-10(11)14/h2-3,6,9,17H,4-5,7H2,1H3,(H2,15,16,18)/t9-/m0/s1. The summed E-state index contributed by atoms with van der Waals surface area (Å²) in [5.74, 6) is 0.738. The van der Waals surface area contributed by atoms with Crippen molar-refractivity contribution >= 4 is 46.7 Å². The zero-order valence-electron chi connectivity index (χ0n) is 10.5. The minimum absolute atomic E-state index is 0.0349. The van der Waals surface area contributed by atoms with Crippen molar-refractivity contribution in [3.8, 4) is 0 Å². The number of hydrogen-bond donors (Lipinski definition) is 3. The molecule has 0 spiro atoms. The lowest BCUT2D eigenvalue weighted by atomic mass is 10.2. The van der Waals surface area contributed by atoms with Crippen LogP contribution in [-0.2, 0) is 0 Å². The summed E-state index contributed by atoms with van der Waals surface area (Å²) < 4.78 is 0. The molecule has 2 amide bonds. The van der Waals surface area contributed by atoms with Gasteiger partial charge in [-0.25, -0.2) is 4.79 Å². The molecule has 1 aromatic carbocycles. The second-order valence-corrected chi connectivity index (χ2v) is 5.64. The molecule has 1 rings (SSSR count). The number of amides is 2. The maximum Gasteiger partial charge on any atom is 0.319 e. The first-order chi connectivity index (χ1) is 9.06. The molecule has 106 valence electrons. The van der Waals surface area contributed by atoms with Crippen molar-refractivity contribution in [1.82, 2.24) is 5.32 Å². The molecule has 4 nitrogen and oxygen atoms in total. The Morgan fingerprint density at radius 1 is 1.47 bits per heavy atom. The number of nitrogens with one attached hydrogen (secondary N) is 2. The van der Waals surface area contributed by atoms with E-state index < -0.39 is 0 Å². The highest BCUT2D eigenvalue weighted by atomic mass is 35.5. The fourth-order valence-electron chi connectivity index (χ4n) is 1.49. The molecule has 0 fully saturated rings. The van der Waals surface area contributed by atoms with Crippen molar-refractivity contribution in [1.29, 1.82) is 0 Å². The number of aliphatic hydroxyl groups excluding tert-OH is 1. The lowest BCUT2D eigenvalue weighted by Gasteiger charge is -2.17. The normalized spacial score (nSPS) is 12.0. The van der Waals surface area contributed by atoms with Gasteiger partial charge in [-0.3, -0.25) is 0 Å². The van der Waals surface area contributed by atoms with Gasteiger partial charge in [0.2, 0.25) is 0 Å². The molecule has 0 aliphatic carbocycles. The smallest absolute Gasteiger partial charge is 0.319 e. The number of halogens is 2. The van der Waals surface area contributed by atoms with E-state index in [4.69, 9.17) is 28.3 Å². The predicted molar refractivity (Wildman–Crippen MR) is 82.5 cm³/mol. The minimum Gasteiger partial charge on any atom is -0.396 e. The maximum atomic E-state index is 11.8. The molecular formula is C12H16Cl2N2O2S. The molecule has 19 heavy (non-hydrogen) atoms. The highest BCUT2D eigenvalue weighted by molar-refractivity contribution is 7.98. The van der Waals surface area contributed by atoms with Gasteiger partial charge < -0.3 is 15.7 Å². The molecule has 0 unspecified atom stereocenters. The number of urea groups is 1. The molecule has 1 atom stereocenters. The Morgan fingerprint density at radius 3 is 2.79 bits per heavy atom. The third-order valence-electron chi connectivity index (χ3n) is 2.36. The number of aliphatic hydroxyl groups is 1. The second kappa shape index (κ2) is 8.53. The third-order valence-corrected chi connectivity index (χ3v) is 3.64. The van der Waals surface area contributed by atoms with Gasteiger partial charge in [0.25, 0.3) is 0 Å². The van der Waals surface area contributed by atoms with Crippen molar-refractivity contribution in [3.05, 3.63) is 28.2 Å².